The highest BCUT2D eigenvalue weighted by Crippen LogP contribution is 2.40. The Labute approximate surface area is 214 Å². The van der Waals surface area contributed by atoms with Gasteiger partial charge in [-0.3, -0.25) is 4.90 Å². The van der Waals surface area contributed by atoms with E-state index >= 15 is 0 Å². The summed E-state index contributed by atoms with van der Waals surface area (Å²) in [6.07, 6.45) is 6.67. The van der Waals surface area contributed by atoms with Crippen molar-refractivity contribution in [3.8, 4) is 0 Å². The first-order valence-corrected chi connectivity index (χ1v) is 14.8. The summed E-state index contributed by atoms with van der Waals surface area (Å²) in [6, 6.07) is 11.2. The van der Waals surface area contributed by atoms with Crippen molar-refractivity contribution in [2.75, 3.05) is 25.2 Å². The second kappa shape index (κ2) is 11.4. The third kappa shape index (κ3) is 7.18. The molecule has 0 bridgehead atoms. The van der Waals surface area contributed by atoms with Crippen molar-refractivity contribution in [3.63, 3.8) is 0 Å². The van der Waals surface area contributed by atoms with E-state index in [0.717, 1.165) is 24.3 Å². The number of thiophene rings is 1. The van der Waals surface area contributed by atoms with Crippen LogP contribution in [0.1, 0.15) is 52.5 Å². The normalized spacial score (nSPS) is 26.7. The number of hydrogen-bond acceptors (Lipinski definition) is 5. The van der Waals surface area contributed by atoms with E-state index in [4.69, 9.17) is 16.3 Å². The van der Waals surface area contributed by atoms with Gasteiger partial charge in [0.1, 0.15) is 9.84 Å². The number of morpholine rings is 1. The Balaban J connectivity index is 0.00000306. The van der Waals surface area contributed by atoms with E-state index in [9.17, 15) is 8.42 Å². The van der Waals surface area contributed by atoms with Crippen LogP contribution < -0.4 is 0 Å². The van der Waals surface area contributed by atoms with Gasteiger partial charge in [-0.25, -0.2) is 8.42 Å². The molecule has 4 rings (SSSR count). The minimum atomic E-state index is -3.07. The maximum atomic E-state index is 11.9. The fourth-order valence-electron chi connectivity index (χ4n) is 5.23. The van der Waals surface area contributed by atoms with Crippen LogP contribution in [0.15, 0.2) is 30.3 Å². The van der Waals surface area contributed by atoms with Gasteiger partial charge in [-0.15, -0.1) is 23.7 Å². The summed E-state index contributed by atoms with van der Waals surface area (Å²) in [6.45, 7) is 5.69. The molecule has 2 fully saturated rings. The second-order valence-corrected chi connectivity index (χ2v) is 13.5. The van der Waals surface area contributed by atoms with Gasteiger partial charge < -0.3 is 4.74 Å². The molecule has 2 aromatic rings. The molecule has 1 aromatic carbocycles. The SMILES string of the molecule is Cc1cc(C2CCC(N3C[C@H](CS(C)(=O)=O)OC[C@@H]3Cc3ccc(Cl)cc3)CC2)sc1C.Cl. The molecule has 1 aliphatic heterocycles. The van der Waals surface area contributed by atoms with Crippen LogP contribution in [0, 0.1) is 13.8 Å². The maximum Gasteiger partial charge on any atom is 0.150 e. The molecule has 8 heteroatoms. The Kier molecular flexibility index (Phi) is 9.32. The third-order valence-corrected chi connectivity index (χ3v) is 9.58. The average molecular weight is 533 g/mol. The van der Waals surface area contributed by atoms with Crippen LogP contribution in [0.2, 0.25) is 5.02 Å². The minimum absolute atomic E-state index is 0. The van der Waals surface area contributed by atoms with Crippen molar-refractivity contribution in [1.29, 1.82) is 0 Å². The molecule has 33 heavy (non-hydrogen) atoms. The Bertz CT molecular complexity index is 995. The van der Waals surface area contributed by atoms with Gasteiger partial charge in [-0.1, -0.05) is 23.7 Å². The summed E-state index contributed by atoms with van der Waals surface area (Å²) in [5.41, 5.74) is 2.65. The van der Waals surface area contributed by atoms with Gasteiger partial charge >= 0.3 is 0 Å². The molecule has 0 radical (unpaired) electrons. The highest BCUT2D eigenvalue weighted by molar-refractivity contribution is 7.90. The number of hydrogen-bond donors (Lipinski definition) is 0. The molecule has 1 saturated heterocycles. The summed E-state index contributed by atoms with van der Waals surface area (Å²) in [4.78, 5) is 5.53. The Morgan fingerprint density at radius 3 is 2.36 bits per heavy atom. The van der Waals surface area contributed by atoms with Crippen LogP contribution in [0.5, 0.6) is 0 Å². The fourth-order valence-corrected chi connectivity index (χ4v) is 7.44. The van der Waals surface area contributed by atoms with Crippen molar-refractivity contribution in [3.05, 3.63) is 56.2 Å². The molecule has 4 nitrogen and oxygen atoms in total. The molecular formula is C25H35Cl2NO3S2. The first-order chi connectivity index (χ1) is 15.2. The monoisotopic (exact) mass is 531 g/mol. The topological polar surface area (TPSA) is 46.6 Å². The molecule has 2 heterocycles. The summed E-state index contributed by atoms with van der Waals surface area (Å²) >= 11 is 8.03. The molecule has 0 amide bonds. The van der Waals surface area contributed by atoms with Crippen LogP contribution in [0.3, 0.4) is 0 Å². The van der Waals surface area contributed by atoms with Gasteiger partial charge in [-0.05, 0) is 81.2 Å². The van der Waals surface area contributed by atoms with E-state index in [0.29, 0.717) is 25.1 Å². The van der Waals surface area contributed by atoms with E-state index in [1.807, 2.05) is 23.5 Å². The summed E-state index contributed by atoms with van der Waals surface area (Å²) < 4.78 is 29.9. The summed E-state index contributed by atoms with van der Waals surface area (Å²) in [5, 5.41) is 0.746. The van der Waals surface area contributed by atoms with Crippen LogP contribution in [0.25, 0.3) is 0 Å². The maximum absolute atomic E-state index is 11.9. The fraction of sp³-hybridized carbons (Fsp3) is 0.600. The molecule has 1 saturated carbocycles. The van der Waals surface area contributed by atoms with E-state index < -0.39 is 9.84 Å². The van der Waals surface area contributed by atoms with Crippen molar-refractivity contribution in [2.24, 2.45) is 0 Å². The number of benzene rings is 1. The van der Waals surface area contributed by atoms with Gasteiger partial charge in [0.2, 0.25) is 0 Å². The van der Waals surface area contributed by atoms with E-state index in [1.54, 1.807) is 0 Å². The van der Waals surface area contributed by atoms with Gasteiger partial charge in [0.05, 0.1) is 18.5 Å². The van der Waals surface area contributed by atoms with Crippen LogP contribution in [-0.4, -0.2) is 56.7 Å². The summed E-state index contributed by atoms with van der Waals surface area (Å²) in [5.74, 6) is 0.756. The molecule has 2 atom stereocenters. The predicted molar refractivity (Wildman–Crippen MR) is 141 cm³/mol. The number of rotatable bonds is 6. The Morgan fingerprint density at radius 1 is 1.12 bits per heavy atom. The molecule has 1 aliphatic carbocycles. The largest absolute Gasteiger partial charge is 0.374 e. The molecule has 0 spiro atoms. The predicted octanol–water partition coefficient (Wildman–Crippen LogP) is 5.82. The average Bonchev–Trinajstić information content (AvgIpc) is 3.08. The molecule has 184 valence electrons. The van der Waals surface area contributed by atoms with E-state index in [2.05, 4.69) is 36.9 Å². The summed E-state index contributed by atoms with van der Waals surface area (Å²) in [7, 11) is -3.07. The molecular weight excluding hydrogens is 497 g/mol. The van der Waals surface area contributed by atoms with E-state index in [-0.39, 0.29) is 30.3 Å². The zero-order chi connectivity index (χ0) is 22.9. The van der Waals surface area contributed by atoms with Crippen LogP contribution in [0.4, 0.5) is 0 Å². The molecule has 2 aliphatic rings. The number of aryl methyl sites for hydroxylation is 2. The highest BCUT2D eigenvalue weighted by atomic mass is 35.5. The quantitative estimate of drug-likeness (QED) is 0.470. The number of sulfone groups is 1. The lowest BCUT2D eigenvalue weighted by Gasteiger charge is -2.46. The van der Waals surface area contributed by atoms with Crippen molar-refractivity contribution in [2.45, 2.75) is 70.1 Å². The van der Waals surface area contributed by atoms with Gasteiger partial charge in [0.25, 0.3) is 0 Å². The molecule has 1 aromatic heterocycles. The van der Waals surface area contributed by atoms with Crippen molar-refractivity contribution < 1.29 is 13.2 Å². The first-order valence-electron chi connectivity index (χ1n) is 11.5. The zero-order valence-electron chi connectivity index (χ0n) is 19.6. The second-order valence-electron chi connectivity index (χ2n) is 9.62. The molecule has 0 unspecified atom stereocenters. The number of nitrogens with zero attached hydrogens (tertiary/aromatic N) is 1. The lowest BCUT2D eigenvalue weighted by atomic mass is 9.83. The number of ether oxygens (including phenoxy) is 1. The Morgan fingerprint density at radius 2 is 1.79 bits per heavy atom. The first kappa shape index (κ1) is 27.0. The lowest BCUT2D eigenvalue weighted by Crippen LogP contribution is -2.56. The Hall–Kier alpha value is -0.630. The smallest absolute Gasteiger partial charge is 0.150 e. The third-order valence-electron chi connectivity index (χ3n) is 7.03. The molecule has 0 N–H and O–H groups in total. The lowest BCUT2D eigenvalue weighted by molar-refractivity contribution is -0.0755. The zero-order valence-corrected chi connectivity index (χ0v) is 22.8. The van der Waals surface area contributed by atoms with Crippen molar-refractivity contribution >= 4 is 45.2 Å². The van der Waals surface area contributed by atoms with Crippen LogP contribution >= 0.6 is 35.3 Å². The highest BCUT2D eigenvalue weighted by Gasteiger charge is 2.37. The standard InChI is InChI=1S/C25H34ClNO3S2.ClH/c1-17-12-25(31-18(17)2)20-6-10-22(11-7-20)27-14-24(16-32(3,28)29)30-15-23(27)13-19-4-8-21(26)9-5-19;/h4-5,8-9,12,20,22-24H,6-7,10-11,13-16H2,1-3H3;1H/t20?,22?,23-,24+;/m0./s1. The van der Waals surface area contributed by atoms with Crippen molar-refractivity contribution in [1.82, 2.24) is 4.90 Å². The van der Waals surface area contributed by atoms with Gasteiger partial charge in [0.15, 0.2) is 0 Å². The van der Waals surface area contributed by atoms with Gasteiger partial charge in [-0.2, -0.15) is 0 Å². The van der Waals surface area contributed by atoms with Gasteiger partial charge in [0, 0.05) is 39.7 Å². The van der Waals surface area contributed by atoms with E-state index in [1.165, 1.54) is 40.0 Å². The van der Waals surface area contributed by atoms with Crippen LogP contribution in [-0.2, 0) is 21.0 Å². The minimum Gasteiger partial charge on any atom is -0.374 e. The number of halogens is 2.